The number of carbonyl (C=O) groups excluding carboxylic acids is 2. The number of likely N-dealkylation sites (tertiary alicyclic amines) is 1. The van der Waals surface area contributed by atoms with Crippen LogP contribution in [0.5, 0.6) is 0 Å². The van der Waals surface area contributed by atoms with E-state index in [-0.39, 0.29) is 17.7 Å². The molecule has 0 spiro atoms. The van der Waals surface area contributed by atoms with Crippen LogP contribution >= 0.6 is 0 Å². The third-order valence-electron chi connectivity index (χ3n) is 6.59. The predicted molar refractivity (Wildman–Crippen MR) is 125 cm³/mol. The van der Waals surface area contributed by atoms with Crippen LogP contribution in [-0.2, 0) is 9.59 Å². The van der Waals surface area contributed by atoms with Crippen LogP contribution in [0, 0.1) is 20.8 Å². The molecule has 1 aromatic carbocycles. The van der Waals surface area contributed by atoms with Crippen molar-refractivity contribution in [2.24, 2.45) is 0 Å². The second-order valence-corrected chi connectivity index (χ2v) is 9.23. The molecule has 2 amide bonds. The van der Waals surface area contributed by atoms with Gasteiger partial charge in [-0.25, -0.2) is 0 Å². The highest BCUT2D eigenvalue weighted by molar-refractivity contribution is 5.93. The van der Waals surface area contributed by atoms with Gasteiger partial charge in [-0.05, 0) is 51.3 Å². The zero-order chi connectivity index (χ0) is 23.4. The number of rotatable bonds is 6. The third kappa shape index (κ3) is 5.97. The Morgan fingerprint density at radius 3 is 2.42 bits per heavy atom. The molecule has 0 saturated carbocycles. The van der Waals surface area contributed by atoms with Gasteiger partial charge in [-0.2, -0.15) is 4.98 Å². The minimum absolute atomic E-state index is 0.0113. The van der Waals surface area contributed by atoms with Gasteiger partial charge in [0.25, 0.3) is 0 Å². The Morgan fingerprint density at radius 2 is 1.76 bits per heavy atom. The molecular weight excluding hydrogens is 420 g/mol. The molecule has 2 fully saturated rings. The molecule has 0 aliphatic carbocycles. The number of piperazine rings is 1. The first-order valence-corrected chi connectivity index (χ1v) is 11.8. The van der Waals surface area contributed by atoms with Crippen molar-refractivity contribution in [2.75, 3.05) is 57.7 Å². The van der Waals surface area contributed by atoms with Crippen LogP contribution in [0.3, 0.4) is 0 Å². The lowest BCUT2D eigenvalue weighted by Gasteiger charge is -2.36. The second kappa shape index (κ2) is 10.4. The Balaban J connectivity index is 1.21. The van der Waals surface area contributed by atoms with Crippen LogP contribution in [0.2, 0.25) is 0 Å². The number of carbonyl (C=O) groups is 2. The molecule has 2 aliphatic rings. The number of para-hydroxylation sites is 1. The van der Waals surface area contributed by atoms with Crippen LogP contribution < -0.4 is 5.32 Å². The van der Waals surface area contributed by atoms with E-state index in [2.05, 4.69) is 25.3 Å². The monoisotopic (exact) mass is 454 g/mol. The maximum Gasteiger partial charge on any atom is 0.238 e. The van der Waals surface area contributed by atoms with E-state index in [9.17, 15) is 9.59 Å². The van der Waals surface area contributed by atoms with Crippen molar-refractivity contribution in [1.82, 2.24) is 24.8 Å². The molecule has 1 aromatic heterocycles. The van der Waals surface area contributed by atoms with Crippen LogP contribution in [0.4, 0.5) is 5.69 Å². The number of piperidine rings is 1. The number of anilines is 1. The zero-order valence-electron chi connectivity index (χ0n) is 19.8. The number of aryl methyl sites for hydroxylation is 3. The third-order valence-corrected chi connectivity index (χ3v) is 6.59. The van der Waals surface area contributed by atoms with E-state index in [1.807, 2.05) is 43.9 Å². The van der Waals surface area contributed by atoms with E-state index in [0.29, 0.717) is 51.0 Å². The minimum Gasteiger partial charge on any atom is -0.339 e. The van der Waals surface area contributed by atoms with Crippen LogP contribution in [-0.4, -0.2) is 89.0 Å². The summed E-state index contributed by atoms with van der Waals surface area (Å²) in [5.41, 5.74) is 3.02. The molecule has 4 rings (SSSR count). The first kappa shape index (κ1) is 23.4. The van der Waals surface area contributed by atoms with Gasteiger partial charge in [0.15, 0.2) is 5.82 Å². The summed E-state index contributed by atoms with van der Waals surface area (Å²) in [4.78, 5) is 36.0. The molecule has 2 aromatic rings. The largest absolute Gasteiger partial charge is 0.339 e. The van der Waals surface area contributed by atoms with E-state index in [1.165, 1.54) is 0 Å². The van der Waals surface area contributed by atoms with Crippen molar-refractivity contribution in [3.05, 3.63) is 41.0 Å². The number of nitrogens with zero attached hydrogens (tertiary/aromatic N) is 5. The minimum atomic E-state index is -0.0113. The molecule has 1 unspecified atom stereocenters. The summed E-state index contributed by atoms with van der Waals surface area (Å²) in [7, 11) is 0. The van der Waals surface area contributed by atoms with E-state index in [0.717, 1.165) is 42.7 Å². The Hall–Kier alpha value is -2.78. The summed E-state index contributed by atoms with van der Waals surface area (Å²) < 4.78 is 5.35. The number of benzene rings is 1. The van der Waals surface area contributed by atoms with Crippen LogP contribution in [0.25, 0.3) is 0 Å². The molecule has 2 saturated heterocycles. The quantitative estimate of drug-likeness (QED) is 0.713. The van der Waals surface area contributed by atoms with Gasteiger partial charge < -0.3 is 14.7 Å². The Labute approximate surface area is 195 Å². The van der Waals surface area contributed by atoms with E-state index < -0.39 is 0 Å². The van der Waals surface area contributed by atoms with Gasteiger partial charge in [-0.3, -0.25) is 19.4 Å². The molecule has 33 heavy (non-hydrogen) atoms. The highest BCUT2D eigenvalue weighted by Gasteiger charge is 2.29. The smallest absolute Gasteiger partial charge is 0.238 e. The van der Waals surface area contributed by atoms with Gasteiger partial charge in [0.05, 0.1) is 19.0 Å². The zero-order valence-corrected chi connectivity index (χ0v) is 19.8. The number of hydrogen-bond acceptors (Lipinski definition) is 7. The van der Waals surface area contributed by atoms with E-state index in [4.69, 9.17) is 4.52 Å². The average Bonchev–Trinajstić information content (AvgIpc) is 3.23. The van der Waals surface area contributed by atoms with Gasteiger partial charge in [0.2, 0.25) is 17.7 Å². The molecule has 9 nitrogen and oxygen atoms in total. The second-order valence-electron chi connectivity index (χ2n) is 9.23. The van der Waals surface area contributed by atoms with E-state index in [1.54, 1.807) is 0 Å². The molecule has 1 atom stereocenters. The SMILES string of the molecule is Cc1noc(C2CCCN(CC(=O)N3CCN(CC(=O)Nc4c(C)cccc4C)CC3)C2)n1. The lowest BCUT2D eigenvalue weighted by molar-refractivity contribution is -0.134. The fourth-order valence-electron chi connectivity index (χ4n) is 4.72. The number of hydrogen-bond donors (Lipinski definition) is 1. The van der Waals surface area contributed by atoms with Gasteiger partial charge in [0.1, 0.15) is 0 Å². The van der Waals surface area contributed by atoms with Gasteiger partial charge in [-0.15, -0.1) is 0 Å². The van der Waals surface area contributed by atoms with Crippen molar-refractivity contribution >= 4 is 17.5 Å². The number of aromatic nitrogens is 2. The summed E-state index contributed by atoms with van der Waals surface area (Å²) in [5, 5.41) is 6.95. The van der Waals surface area contributed by atoms with E-state index >= 15 is 0 Å². The van der Waals surface area contributed by atoms with Crippen molar-refractivity contribution in [3.8, 4) is 0 Å². The molecule has 2 aliphatic heterocycles. The lowest BCUT2D eigenvalue weighted by atomic mass is 9.98. The molecule has 0 radical (unpaired) electrons. The van der Waals surface area contributed by atoms with Crippen molar-refractivity contribution < 1.29 is 14.1 Å². The Morgan fingerprint density at radius 1 is 1.03 bits per heavy atom. The van der Waals surface area contributed by atoms with Crippen LogP contribution in [0.1, 0.15) is 41.6 Å². The van der Waals surface area contributed by atoms with Gasteiger partial charge in [-0.1, -0.05) is 23.4 Å². The first-order chi connectivity index (χ1) is 15.9. The van der Waals surface area contributed by atoms with Crippen molar-refractivity contribution in [1.29, 1.82) is 0 Å². The van der Waals surface area contributed by atoms with Crippen molar-refractivity contribution in [3.63, 3.8) is 0 Å². The molecular formula is C24H34N6O3. The Bertz CT molecular complexity index is 962. The molecule has 9 heteroatoms. The molecule has 3 heterocycles. The summed E-state index contributed by atoms with van der Waals surface area (Å²) >= 11 is 0. The number of nitrogens with one attached hydrogen (secondary N) is 1. The summed E-state index contributed by atoms with van der Waals surface area (Å²) in [6, 6.07) is 5.99. The highest BCUT2D eigenvalue weighted by Crippen LogP contribution is 2.25. The molecule has 0 bridgehead atoms. The normalized spacial score (nSPS) is 20.1. The highest BCUT2D eigenvalue weighted by atomic mass is 16.5. The number of amides is 2. The molecule has 1 N–H and O–H groups in total. The topological polar surface area (TPSA) is 94.8 Å². The first-order valence-electron chi connectivity index (χ1n) is 11.8. The van der Waals surface area contributed by atoms with Gasteiger partial charge in [0, 0.05) is 38.4 Å². The average molecular weight is 455 g/mol. The lowest BCUT2D eigenvalue weighted by Crippen LogP contribution is -2.53. The molecule has 178 valence electrons. The van der Waals surface area contributed by atoms with Crippen molar-refractivity contribution in [2.45, 2.75) is 39.5 Å². The summed E-state index contributed by atoms with van der Waals surface area (Å²) in [6.07, 6.45) is 2.03. The van der Waals surface area contributed by atoms with Gasteiger partial charge >= 0.3 is 0 Å². The fourth-order valence-corrected chi connectivity index (χ4v) is 4.72. The van der Waals surface area contributed by atoms with Crippen LogP contribution in [0.15, 0.2) is 22.7 Å². The standard InChI is InChI=1S/C24H34N6O3/c1-17-6-4-7-18(2)23(17)26-21(31)15-28-10-12-30(13-11-28)22(32)16-29-9-5-8-20(14-29)24-25-19(3)27-33-24/h4,6-7,20H,5,8-16H2,1-3H3,(H,26,31). The Kier molecular flexibility index (Phi) is 7.39. The summed E-state index contributed by atoms with van der Waals surface area (Å²) in [5.74, 6) is 1.66. The maximum absolute atomic E-state index is 12.9. The maximum atomic E-state index is 12.9. The summed E-state index contributed by atoms with van der Waals surface area (Å²) in [6.45, 7) is 11.0. The predicted octanol–water partition coefficient (Wildman–Crippen LogP) is 1.96. The fraction of sp³-hybridized carbons (Fsp3) is 0.583.